The normalized spacial score (nSPS) is 11.0. The summed E-state index contributed by atoms with van der Waals surface area (Å²) in [4.78, 5) is 11.8. The van der Waals surface area contributed by atoms with Gasteiger partial charge in [0.1, 0.15) is 5.82 Å². The maximum Gasteiger partial charge on any atom is 0.230 e. The molecule has 2 rings (SSSR count). The van der Waals surface area contributed by atoms with E-state index < -0.39 is 0 Å². The van der Waals surface area contributed by atoms with Crippen LogP contribution in [0.2, 0.25) is 0 Å². The summed E-state index contributed by atoms with van der Waals surface area (Å²) in [6.45, 7) is 7.74. The highest BCUT2D eigenvalue weighted by atomic mass is 32.2. The van der Waals surface area contributed by atoms with Crippen molar-refractivity contribution in [2.75, 3.05) is 12.3 Å². The maximum absolute atomic E-state index is 11.8. The van der Waals surface area contributed by atoms with Gasteiger partial charge in [-0.05, 0) is 18.4 Å². The monoisotopic (exact) mass is 332 g/mol. The summed E-state index contributed by atoms with van der Waals surface area (Å²) in [5.41, 5.74) is 1.21. The summed E-state index contributed by atoms with van der Waals surface area (Å²) >= 11 is 1.44. The standard InChI is InChI=1S/C17H24N4OS/c1-4-21-15(10-14-8-6-5-7-9-14)19-20-17(21)23-12-16(22)18-11-13(2)3/h5-9,13H,4,10-12H2,1-3H3,(H,18,22). The zero-order chi connectivity index (χ0) is 16.7. The van der Waals surface area contributed by atoms with Crippen LogP contribution in [0, 0.1) is 5.92 Å². The Morgan fingerprint density at radius 3 is 2.65 bits per heavy atom. The highest BCUT2D eigenvalue weighted by Crippen LogP contribution is 2.18. The number of nitrogens with one attached hydrogen (secondary N) is 1. The van der Waals surface area contributed by atoms with Gasteiger partial charge in [0.05, 0.1) is 5.75 Å². The molecule has 6 heteroatoms. The van der Waals surface area contributed by atoms with Crippen molar-refractivity contribution >= 4 is 17.7 Å². The molecule has 0 saturated heterocycles. The first-order chi connectivity index (χ1) is 11.1. The molecule has 0 aliphatic heterocycles. The molecule has 1 amide bonds. The van der Waals surface area contributed by atoms with Gasteiger partial charge in [0.2, 0.25) is 5.91 Å². The van der Waals surface area contributed by atoms with E-state index >= 15 is 0 Å². The molecule has 2 aromatic rings. The smallest absolute Gasteiger partial charge is 0.230 e. The molecule has 0 atom stereocenters. The molecule has 1 aromatic carbocycles. The van der Waals surface area contributed by atoms with Gasteiger partial charge in [0, 0.05) is 19.5 Å². The number of thioether (sulfide) groups is 1. The summed E-state index contributed by atoms with van der Waals surface area (Å²) in [7, 11) is 0. The van der Waals surface area contributed by atoms with Crippen LogP contribution in [0.15, 0.2) is 35.5 Å². The summed E-state index contributed by atoms with van der Waals surface area (Å²) in [6.07, 6.45) is 0.752. The number of rotatable bonds is 8. The van der Waals surface area contributed by atoms with Gasteiger partial charge in [-0.25, -0.2) is 0 Å². The number of amides is 1. The first kappa shape index (κ1) is 17.5. The number of carbonyl (C=O) groups excluding carboxylic acids is 1. The number of benzene rings is 1. The van der Waals surface area contributed by atoms with Crippen molar-refractivity contribution < 1.29 is 4.79 Å². The minimum absolute atomic E-state index is 0.0407. The molecule has 1 N–H and O–H groups in total. The predicted octanol–water partition coefficient (Wildman–Crippen LogP) is 2.75. The lowest BCUT2D eigenvalue weighted by Gasteiger charge is -2.09. The lowest BCUT2D eigenvalue weighted by Crippen LogP contribution is -2.28. The van der Waals surface area contributed by atoms with Crippen molar-refractivity contribution in [3.63, 3.8) is 0 Å². The lowest BCUT2D eigenvalue weighted by atomic mass is 10.1. The minimum Gasteiger partial charge on any atom is -0.355 e. The third-order valence-corrected chi connectivity index (χ3v) is 4.32. The Balaban J connectivity index is 1.96. The molecule has 23 heavy (non-hydrogen) atoms. The highest BCUT2D eigenvalue weighted by Gasteiger charge is 2.13. The molecule has 0 saturated carbocycles. The molecule has 1 heterocycles. The van der Waals surface area contributed by atoms with Crippen LogP contribution in [-0.4, -0.2) is 33.0 Å². The summed E-state index contributed by atoms with van der Waals surface area (Å²) < 4.78 is 2.08. The number of hydrogen-bond acceptors (Lipinski definition) is 4. The highest BCUT2D eigenvalue weighted by molar-refractivity contribution is 7.99. The van der Waals surface area contributed by atoms with Crippen molar-refractivity contribution in [1.82, 2.24) is 20.1 Å². The van der Waals surface area contributed by atoms with Crippen LogP contribution in [0.1, 0.15) is 32.2 Å². The fraction of sp³-hybridized carbons (Fsp3) is 0.471. The largest absolute Gasteiger partial charge is 0.355 e. The first-order valence-electron chi connectivity index (χ1n) is 7.95. The molecule has 0 fully saturated rings. The van der Waals surface area contributed by atoms with E-state index in [1.807, 2.05) is 18.2 Å². The van der Waals surface area contributed by atoms with Gasteiger partial charge in [-0.1, -0.05) is 55.9 Å². The fourth-order valence-corrected chi connectivity index (χ4v) is 3.00. The van der Waals surface area contributed by atoms with Crippen molar-refractivity contribution in [2.45, 2.75) is 38.9 Å². The first-order valence-corrected chi connectivity index (χ1v) is 8.94. The number of hydrogen-bond donors (Lipinski definition) is 1. The number of nitrogens with zero attached hydrogens (tertiary/aromatic N) is 3. The van der Waals surface area contributed by atoms with E-state index in [0.29, 0.717) is 18.2 Å². The molecule has 5 nitrogen and oxygen atoms in total. The summed E-state index contributed by atoms with van der Waals surface area (Å²) in [5, 5.41) is 12.3. The molecular formula is C17H24N4OS. The number of carbonyl (C=O) groups is 1. The van der Waals surface area contributed by atoms with Crippen LogP contribution < -0.4 is 5.32 Å². The molecule has 124 valence electrons. The third-order valence-electron chi connectivity index (χ3n) is 3.35. The van der Waals surface area contributed by atoms with Crippen molar-refractivity contribution in [1.29, 1.82) is 0 Å². The fourth-order valence-electron chi connectivity index (χ4n) is 2.15. The van der Waals surface area contributed by atoms with Crippen LogP contribution in [0.3, 0.4) is 0 Å². The third kappa shape index (κ3) is 5.39. The second-order valence-electron chi connectivity index (χ2n) is 5.79. The van der Waals surface area contributed by atoms with Crippen molar-refractivity contribution in [2.24, 2.45) is 5.92 Å². The van der Waals surface area contributed by atoms with Gasteiger partial charge >= 0.3 is 0 Å². The lowest BCUT2D eigenvalue weighted by molar-refractivity contribution is -0.118. The van der Waals surface area contributed by atoms with E-state index in [1.54, 1.807) is 0 Å². The van der Waals surface area contributed by atoms with Gasteiger partial charge in [0.25, 0.3) is 0 Å². The average molecular weight is 332 g/mol. The Morgan fingerprint density at radius 1 is 1.26 bits per heavy atom. The Bertz CT molecular complexity index is 625. The predicted molar refractivity (Wildman–Crippen MR) is 93.5 cm³/mol. The van der Waals surface area contributed by atoms with Crippen LogP contribution >= 0.6 is 11.8 Å². The summed E-state index contributed by atoms with van der Waals surface area (Å²) in [5.74, 6) is 1.80. The van der Waals surface area contributed by atoms with E-state index in [0.717, 1.165) is 23.9 Å². The zero-order valence-corrected chi connectivity index (χ0v) is 14.8. The second kappa shape index (κ2) is 8.72. The molecule has 0 aliphatic carbocycles. The van der Waals surface area contributed by atoms with Gasteiger partial charge in [-0.15, -0.1) is 10.2 Å². The van der Waals surface area contributed by atoms with E-state index in [9.17, 15) is 4.79 Å². The maximum atomic E-state index is 11.8. The van der Waals surface area contributed by atoms with E-state index in [2.05, 4.69) is 53.0 Å². The average Bonchev–Trinajstić information content (AvgIpc) is 2.93. The Kier molecular flexibility index (Phi) is 6.65. The number of aromatic nitrogens is 3. The quantitative estimate of drug-likeness (QED) is 0.755. The van der Waals surface area contributed by atoms with Gasteiger partial charge in [-0.2, -0.15) is 0 Å². The van der Waals surface area contributed by atoms with Crippen LogP contribution in [0.25, 0.3) is 0 Å². The molecule has 0 unspecified atom stereocenters. The second-order valence-corrected chi connectivity index (χ2v) is 6.73. The Hall–Kier alpha value is -1.82. The van der Waals surface area contributed by atoms with Gasteiger partial charge < -0.3 is 9.88 Å². The molecule has 1 aromatic heterocycles. The minimum atomic E-state index is 0.0407. The van der Waals surface area contributed by atoms with Gasteiger partial charge in [-0.3, -0.25) is 4.79 Å². The molecule has 0 aliphatic rings. The van der Waals surface area contributed by atoms with Crippen LogP contribution in [0.4, 0.5) is 0 Å². The van der Waals surface area contributed by atoms with Crippen LogP contribution in [0.5, 0.6) is 0 Å². The van der Waals surface area contributed by atoms with Crippen molar-refractivity contribution in [3.05, 3.63) is 41.7 Å². The van der Waals surface area contributed by atoms with E-state index in [-0.39, 0.29) is 5.91 Å². The molecule has 0 spiro atoms. The van der Waals surface area contributed by atoms with Crippen LogP contribution in [-0.2, 0) is 17.8 Å². The zero-order valence-electron chi connectivity index (χ0n) is 14.0. The molecule has 0 radical (unpaired) electrons. The summed E-state index contributed by atoms with van der Waals surface area (Å²) in [6, 6.07) is 10.2. The van der Waals surface area contributed by atoms with E-state index in [1.165, 1.54) is 17.3 Å². The topological polar surface area (TPSA) is 59.8 Å². The SMILES string of the molecule is CCn1c(Cc2ccccc2)nnc1SCC(=O)NCC(C)C. The van der Waals surface area contributed by atoms with E-state index in [4.69, 9.17) is 0 Å². The Morgan fingerprint density at radius 2 is 2.00 bits per heavy atom. The molecular weight excluding hydrogens is 308 g/mol. The van der Waals surface area contributed by atoms with Crippen molar-refractivity contribution in [3.8, 4) is 0 Å². The molecule has 0 bridgehead atoms. The Labute approximate surface area is 141 Å². The van der Waals surface area contributed by atoms with Gasteiger partial charge in [0.15, 0.2) is 5.16 Å².